The maximum atomic E-state index is 13.5. The first-order valence-electron chi connectivity index (χ1n) is 17.3. The van der Waals surface area contributed by atoms with Crippen LogP contribution >= 0.6 is 0 Å². The number of amidine groups is 1. The van der Waals surface area contributed by atoms with E-state index >= 15 is 0 Å². The number of likely N-dealkylation sites (tertiary alicyclic amines) is 1. The van der Waals surface area contributed by atoms with Crippen molar-refractivity contribution >= 4 is 29.3 Å². The molecule has 3 aromatic rings. The van der Waals surface area contributed by atoms with Crippen LogP contribution in [0.3, 0.4) is 0 Å². The number of urea groups is 1. The molecular formula is C39H51N8O3+. The standard InChI is InChI=1S/C39H50N8O3/c1-25-10-8-11-26(2)47(25)37(42)46-22-30(17-19-35(46)41)50-24-28-16-18-33(32-15-7-6-14-31(28)32)44-38(49)45-36(21-34(40)39(3,4)5)43-29-13-9-12-27(20-29)23-48/h6-7,9,12-15,17,19-22,26,28,33,41-42,48H,1,8,10-11,16,18,23-24H2,2-5H3,(H4,40,43,44,45,49)/p+1. The molecule has 2 aliphatic rings. The number of nitrogens with zero attached hydrogens (tertiary/aromatic N) is 3. The molecule has 0 spiro atoms. The molecule has 1 aromatic heterocycles. The minimum atomic E-state index is -0.394. The van der Waals surface area contributed by atoms with Crippen molar-refractivity contribution in [3.05, 3.63) is 108 Å². The lowest BCUT2D eigenvalue weighted by Gasteiger charge is -2.33. The van der Waals surface area contributed by atoms with Gasteiger partial charge in [-0.05, 0) is 73.9 Å². The third kappa shape index (κ3) is 8.70. The number of hydrogen-bond donors (Lipinski definition) is 6. The lowest BCUT2D eigenvalue weighted by Crippen LogP contribution is -2.57. The number of aliphatic hydroxyl groups is 1. The second kappa shape index (κ2) is 15.6. The van der Waals surface area contributed by atoms with Gasteiger partial charge in [-0.15, -0.1) is 0 Å². The molecule has 3 unspecified atom stereocenters. The summed E-state index contributed by atoms with van der Waals surface area (Å²) < 4.78 is 7.99. The second-order valence-corrected chi connectivity index (χ2v) is 14.2. The SMILES string of the molecule is C=C1CCCC(C)N1C(=N)[n+]1cc(OCC2CCC(NC(=O)NC(C=C(N)C(C)(C)C)=Nc3cccc(CO)c3)c3ccccc32)ccc1N. The van der Waals surface area contributed by atoms with Crippen molar-refractivity contribution in [2.45, 2.75) is 84.4 Å². The van der Waals surface area contributed by atoms with Crippen LogP contribution in [0.1, 0.15) is 88.4 Å². The topological polar surface area (TPSA) is 166 Å². The third-order valence-corrected chi connectivity index (χ3v) is 9.39. The van der Waals surface area contributed by atoms with E-state index in [1.54, 1.807) is 35.0 Å². The monoisotopic (exact) mass is 679 g/mol. The van der Waals surface area contributed by atoms with Crippen molar-refractivity contribution < 1.29 is 19.2 Å². The van der Waals surface area contributed by atoms with Gasteiger partial charge in [-0.2, -0.15) is 9.98 Å². The number of piperidine rings is 1. The zero-order chi connectivity index (χ0) is 36.0. The Morgan fingerprint density at radius 2 is 1.90 bits per heavy atom. The summed E-state index contributed by atoms with van der Waals surface area (Å²) in [5, 5.41) is 24.6. The molecule has 0 saturated carbocycles. The molecule has 2 heterocycles. The maximum absolute atomic E-state index is 13.5. The molecule has 264 valence electrons. The predicted octanol–water partition coefficient (Wildman–Crippen LogP) is 6.14. The second-order valence-electron chi connectivity index (χ2n) is 14.2. The normalized spacial score (nSPS) is 19.8. The molecule has 11 nitrogen and oxygen atoms in total. The summed E-state index contributed by atoms with van der Waals surface area (Å²) in [6, 6.07) is 18.5. The number of rotatable bonds is 7. The molecule has 1 saturated heterocycles. The molecule has 2 amide bonds. The fraction of sp³-hybridized carbons (Fsp3) is 0.385. The first-order chi connectivity index (χ1) is 23.8. The number of fused-ring (bicyclic) bond motifs is 1. The van der Waals surface area contributed by atoms with E-state index in [2.05, 4.69) is 35.2 Å². The maximum Gasteiger partial charge on any atom is 0.351 e. The molecule has 11 heteroatoms. The number of ether oxygens (including phenoxy) is 1. The molecular weight excluding hydrogens is 628 g/mol. The molecule has 5 rings (SSSR count). The molecule has 1 aliphatic heterocycles. The Labute approximate surface area is 295 Å². The van der Waals surface area contributed by atoms with Gasteiger partial charge in [0.05, 0.1) is 36.7 Å². The van der Waals surface area contributed by atoms with Crippen LogP contribution in [0.15, 0.2) is 95.9 Å². The van der Waals surface area contributed by atoms with Gasteiger partial charge in [0.1, 0.15) is 17.8 Å². The van der Waals surface area contributed by atoms with Crippen LogP contribution in [0.5, 0.6) is 5.75 Å². The molecule has 8 N–H and O–H groups in total. The zero-order valence-corrected chi connectivity index (χ0v) is 29.6. The number of amides is 2. The highest BCUT2D eigenvalue weighted by Gasteiger charge is 2.32. The van der Waals surface area contributed by atoms with Crippen LogP contribution in [-0.4, -0.2) is 40.5 Å². The minimum absolute atomic E-state index is 0.102. The van der Waals surface area contributed by atoms with E-state index in [4.69, 9.17) is 21.6 Å². The summed E-state index contributed by atoms with van der Waals surface area (Å²) in [4.78, 5) is 20.1. The van der Waals surface area contributed by atoms with Gasteiger partial charge in [0.15, 0.2) is 5.82 Å². The van der Waals surface area contributed by atoms with Gasteiger partial charge in [0.2, 0.25) is 0 Å². The number of carbonyl (C=O) groups is 1. The molecule has 3 atom stereocenters. The number of pyridine rings is 1. The Bertz CT molecular complexity index is 1790. The van der Waals surface area contributed by atoms with Crippen LogP contribution in [0.4, 0.5) is 16.3 Å². The van der Waals surface area contributed by atoms with Crippen molar-refractivity contribution in [2.75, 3.05) is 12.3 Å². The van der Waals surface area contributed by atoms with Crippen LogP contribution in [0.2, 0.25) is 0 Å². The van der Waals surface area contributed by atoms with Crippen molar-refractivity contribution in [1.82, 2.24) is 15.5 Å². The molecule has 1 fully saturated rings. The van der Waals surface area contributed by atoms with E-state index in [1.807, 2.05) is 62.1 Å². The Balaban J connectivity index is 1.29. The van der Waals surface area contributed by atoms with Gasteiger partial charge >= 0.3 is 12.0 Å². The van der Waals surface area contributed by atoms with Crippen molar-refractivity contribution in [2.24, 2.45) is 16.1 Å². The lowest BCUT2D eigenvalue weighted by molar-refractivity contribution is -0.551. The summed E-state index contributed by atoms with van der Waals surface area (Å²) in [6.45, 7) is 12.6. The quantitative estimate of drug-likeness (QED) is 0.0998. The van der Waals surface area contributed by atoms with Crippen molar-refractivity contribution in [1.29, 1.82) is 5.41 Å². The Hall–Kier alpha value is -5.16. The van der Waals surface area contributed by atoms with E-state index in [0.717, 1.165) is 42.5 Å². The van der Waals surface area contributed by atoms with Crippen molar-refractivity contribution in [3.8, 4) is 5.75 Å². The average molecular weight is 680 g/mol. The van der Waals surface area contributed by atoms with Gasteiger partial charge in [0, 0.05) is 29.2 Å². The molecule has 0 radical (unpaired) electrons. The molecule has 1 aliphatic carbocycles. The first kappa shape index (κ1) is 36.1. The number of aliphatic hydroxyl groups excluding tert-OH is 1. The third-order valence-electron chi connectivity index (χ3n) is 9.39. The predicted molar refractivity (Wildman–Crippen MR) is 198 cm³/mol. The Kier molecular flexibility index (Phi) is 11.3. The van der Waals surface area contributed by atoms with E-state index in [0.29, 0.717) is 47.4 Å². The summed E-state index contributed by atoms with van der Waals surface area (Å²) in [7, 11) is 0. The Morgan fingerprint density at radius 3 is 2.62 bits per heavy atom. The summed E-state index contributed by atoms with van der Waals surface area (Å²) in [6.07, 6.45) is 7.88. The number of nitrogen functional groups attached to an aromatic ring is 1. The number of hydrogen-bond acceptors (Lipinski definition) is 7. The van der Waals surface area contributed by atoms with Gasteiger partial charge in [-0.1, -0.05) is 63.7 Å². The van der Waals surface area contributed by atoms with Gasteiger partial charge in [-0.25, -0.2) is 9.79 Å². The largest absolute Gasteiger partial charge is 0.490 e. The van der Waals surface area contributed by atoms with Gasteiger partial charge in [0.25, 0.3) is 0 Å². The van der Waals surface area contributed by atoms with Crippen LogP contribution in [-0.2, 0) is 6.61 Å². The fourth-order valence-electron chi connectivity index (χ4n) is 6.43. The zero-order valence-electron chi connectivity index (χ0n) is 29.6. The number of nitrogens with two attached hydrogens (primary N) is 2. The summed E-state index contributed by atoms with van der Waals surface area (Å²) in [5.41, 5.74) is 17.3. The summed E-state index contributed by atoms with van der Waals surface area (Å²) in [5.74, 6) is 1.74. The smallest absolute Gasteiger partial charge is 0.351 e. The number of allylic oxidation sites excluding steroid dienone is 2. The number of aliphatic imine (C=N–C) groups is 1. The number of anilines is 1. The van der Waals surface area contributed by atoms with E-state index in [1.165, 1.54) is 0 Å². The van der Waals surface area contributed by atoms with E-state index in [9.17, 15) is 9.90 Å². The molecule has 0 bridgehead atoms. The van der Waals surface area contributed by atoms with E-state index in [-0.39, 0.29) is 36.0 Å². The molecule has 2 aromatic carbocycles. The highest BCUT2D eigenvalue weighted by atomic mass is 16.5. The van der Waals surface area contributed by atoms with Crippen LogP contribution in [0.25, 0.3) is 0 Å². The highest BCUT2D eigenvalue weighted by Crippen LogP contribution is 2.38. The van der Waals surface area contributed by atoms with E-state index < -0.39 is 6.03 Å². The van der Waals surface area contributed by atoms with Gasteiger partial charge < -0.3 is 26.6 Å². The number of carbonyl (C=O) groups excluding carboxylic acids is 1. The number of aromatic nitrogens is 1. The first-order valence-corrected chi connectivity index (χ1v) is 17.3. The Morgan fingerprint density at radius 1 is 1.14 bits per heavy atom. The lowest BCUT2D eigenvalue weighted by atomic mass is 9.80. The average Bonchev–Trinajstić information content (AvgIpc) is 3.08. The van der Waals surface area contributed by atoms with Crippen molar-refractivity contribution in [3.63, 3.8) is 0 Å². The summed E-state index contributed by atoms with van der Waals surface area (Å²) >= 11 is 0. The number of benzene rings is 2. The van der Waals surface area contributed by atoms with Crippen LogP contribution in [0, 0.1) is 10.8 Å². The molecule has 50 heavy (non-hydrogen) atoms. The highest BCUT2D eigenvalue weighted by molar-refractivity contribution is 6.05. The number of nitrogens with one attached hydrogen (secondary N) is 3. The minimum Gasteiger partial charge on any atom is -0.490 e. The van der Waals surface area contributed by atoms with Crippen LogP contribution < -0.4 is 31.4 Å². The fourth-order valence-corrected chi connectivity index (χ4v) is 6.43. The van der Waals surface area contributed by atoms with Gasteiger partial charge in [-0.3, -0.25) is 10.2 Å².